The average Bonchev–Trinajstić information content (AvgIpc) is 2.54. The van der Waals surface area contributed by atoms with Gasteiger partial charge in [0, 0.05) is 6.54 Å². The number of nitrogens with zero attached hydrogens (tertiary/aromatic N) is 3. The van der Waals surface area contributed by atoms with Gasteiger partial charge in [0.15, 0.2) is 5.69 Å². The zero-order chi connectivity index (χ0) is 14.9. The number of aromatic nitrogens is 2. The Kier molecular flexibility index (Phi) is 5.24. The minimum absolute atomic E-state index is 0.231. The van der Waals surface area contributed by atoms with Crippen LogP contribution < -0.4 is 5.32 Å². The second-order valence-electron chi connectivity index (χ2n) is 4.22. The quantitative estimate of drug-likeness (QED) is 0.814. The summed E-state index contributed by atoms with van der Waals surface area (Å²) in [6.45, 7) is 0.671. The summed E-state index contributed by atoms with van der Waals surface area (Å²) >= 11 is 0. The molecule has 0 saturated carbocycles. The van der Waals surface area contributed by atoms with Crippen LogP contribution in [0.1, 0.15) is 17.7 Å². The van der Waals surface area contributed by atoms with Crippen molar-refractivity contribution in [2.75, 3.05) is 11.9 Å². The minimum Gasteiger partial charge on any atom is -0.461 e. The van der Waals surface area contributed by atoms with E-state index in [1.807, 2.05) is 36.4 Å². The van der Waals surface area contributed by atoms with Gasteiger partial charge in [0.1, 0.15) is 18.5 Å². The van der Waals surface area contributed by atoms with Gasteiger partial charge in [0.05, 0.1) is 18.8 Å². The van der Waals surface area contributed by atoms with Crippen molar-refractivity contribution in [3.05, 3.63) is 54.0 Å². The Morgan fingerprint density at radius 1 is 1.24 bits per heavy atom. The number of ether oxygens (including phenoxy) is 1. The Hall–Kier alpha value is -2.94. The predicted molar refractivity (Wildman–Crippen MR) is 76.1 cm³/mol. The second-order valence-corrected chi connectivity index (χ2v) is 4.22. The lowest BCUT2D eigenvalue weighted by molar-refractivity contribution is -0.144. The van der Waals surface area contributed by atoms with Crippen LogP contribution in [0.3, 0.4) is 0 Å². The van der Waals surface area contributed by atoms with Crippen LogP contribution in [0.5, 0.6) is 0 Å². The molecule has 0 aliphatic rings. The van der Waals surface area contributed by atoms with Gasteiger partial charge in [-0.25, -0.2) is 9.97 Å². The van der Waals surface area contributed by atoms with Crippen molar-refractivity contribution in [1.29, 1.82) is 5.26 Å². The van der Waals surface area contributed by atoms with Gasteiger partial charge in [-0.2, -0.15) is 5.26 Å². The van der Waals surface area contributed by atoms with E-state index in [1.54, 1.807) is 0 Å². The normalized spacial score (nSPS) is 9.67. The molecule has 0 saturated heterocycles. The summed E-state index contributed by atoms with van der Waals surface area (Å²) in [7, 11) is 0. The van der Waals surface area contributed by atoms with Crippen molar-refractivity contribution in [2.24, 2.45) is 0 Å². The maximum atomic E-state index is 11.6. The molecule has 21 heavy (non-hydrogen) atoms. The van der Waals surface area contributed by atoms with Crippen LogP contribution >= 0.6 is 0 Å². The molecule has 0 aliphatic carbocycles. The summed E-state index contributed by atoms with van der Waals surface area (Å²) < 4.78 is 5.14. The number of carbonyl (C=O) groups excluding carboxylic acids is 1. The van der Waals surface area contributed by atoms with Gasteiger partial charge in [-0.3, -0.25) is 4.79 Å². The maximum absolute atomic E-state index is 11.6. The van der Waals surface area contributed by atoms with Crippen molar-refractivity contribution >= 4 is 11.8 Å². The van der Waals surface area contributed by atoms with Crippen molar-refractivity contribution in [2.45, 2.75) is 13.0 Å². The molecule has 2 aromatic rings. The van der Waals surface area contributed by atoms with Gasteiger partial charge in [-0.05, 0) is 5.56 Å². The molecule has 0 amide bonds. The lowest BCUT2D eigenvalue weighted by atomic mass is 10.2. The van der Waals surface area contributed by atoms with E-state index in [2.05, 4.69) is 15.3 Å². The number of benzene rings is 1. The molecule has 0 unspecified atom stereocenters. The van der Waals surface area contributed by atoms with Crippen LogP contribution in [-0.2, 0) is 16.1 Å². The standard InChI is InChI=1S/C15H14N4O2/c16-8-13-9-19-14(10-18-13)17-7-6-15(20)21-11-12-4-2-1-3-5-12/h1-5,9-10H,6-7,11H2,(H,17,19). The van der Waals surface area contributed by atoms with Crippen molar-refractivity contribution in [3.63, 3.8) is 0 Å². The molecular weight excluding hydrogens is 268 g/mol. The fraction of sp³-hybridized carbons (Fsp3) is 0.200. The van der Waals surface area contributed by atoms with E-state index in [1.165, 1.54) is 12.4 Å². The minimum atomic E-state index is -0.284. The molecule has 1 aromatic heterocycles. The Morgan fingerprint density at radius 2 is 2.05 bits per heavy atom. The second kappa shape index (κ2) is 7.60. The summed E-state index contributed by atoms with van der Waals surface area (Å²) in [6.07, 6.45) is 3.05. The van der Waals surface area contributed by atoms with Crippen molar-refractivity contribution in [1.82, 2.24) is 9.97 Å². The highest BCUT2D eigenvalue weighted by atomic mass is 16.5. The van der Waals surface area contributed by atoms with E-state index >= 15 is 0 Å². The van der Waals surface area contributed by atoms with E-state index in [0.29, 0.717) is 12.4 Å². The fourth-order valence-electron chi connectivity index (χ4n) is 1.58. The lowest BCUT2D eigenvalue weighted by Gasteiger charge is -2.06. The van der Waals surface area contributed by atoms with Crippen LogP contribution in [0.4, 0.5) is 5.82 Å². The van der Waals surface area contributed by atoms with Crippen LogP contribution in [-0.4, -0.2) is 22.5 Å². The summed E-state index contributed by atoms with van der Waals surface area (Å²) in [5, 5.41) is 11.5. The molecular formula is C15H14N4O2. The van der Waals surface area contributed by atoms with Crippen molar-refractivity contribution in [3.8, 4) is 6.07 Å². The largest absolute Gasteiger partial charge is 0.461 e. The van der Waals surface area contributed by atoms with Crippen LogP contribution in [0.2, 0.25) is 0 Å². The Labute approximate surface area is 122 Å². The first kappa shape index (κ1) is 14.5. The van der Waals surface area contributed by atoms with E-state index in [4.69, 9.17) is 10.00 Å². The maximum Gasteiger partial charge on any atom is 0.307 e. The molecule has 6 heteroatoms. The lowest BCUT2D eigenvalue weighted by Crippen LogP contribution is -2.12. The third kappa shape index (κ3) is 4.91. The molecule has 106 valence electrons. The van der Waals surface area contributed by atoms with Gasteiger partial charge in [0.2, 0.25) is 0 Å². The van der Waals surface area contributed by atoms with Crippen LogP contribution in [0.15, 0.2) is 42.7 Å². The Morgan fingerprint density at radius 3 is 2.71 bits per heavy atom. The van der Waals surface area contributed by atoms with E-state index in [-0.39, 0.29) is 24.7 Å². The first-order valence-electron chi connectivity index (χ1n) is 6.43. The van der Waals surface area contributed by atoms with Gasteiger partial charge in [-0.15, -0.1) is 0 Å². The van der Waals surface area contributed by atoms with E-state index in [9.17, 15) is 4.79 Å². The molecule has 1 aromatic carbocycles. The Balaban J connectivity index is 1.68. The molecule has 0 aliphatic heterocycles. The first-order valence-corrected chi connectivity index (χ1v) is 6.43. The number of rotatable bonds is 6. The highest BCUT2D eigenvalue weighted by Crippen LogP contribution is 2.03. The van der Waals surface area contributed by atoms with Crippen molar-refractivity contribution < 1.29 is 9.53 Å². The molecule has 1 heterocycles. The zero-order valence-electron chi connectivity index (χ0n) is 11.3. The monoisotopic (exact) mass is 282 g/mol. The number of hydrogen-bond acceptors (Lipinski definition) is 6. The van der Waals surface area contributed by atoms with E-state index in [0.717, 1.165) is 5.56 Å². The molecule has 2 rings (SSSR count). The Bertz CT molecular complexity index is 620. The molecule has 0 radical (unpaired) electrons. The summed E-state index contributed by atoms with van der Waals surface area (Å²) in [5.41, 5.74) is 1.21. The molecule has 0 spiro atoms. The van der Waals surface area contributed by atoms with Gasteiger partial charge >= 0.3 is 5.97 Å². The molecule has 0 fully saturated rings. The third-order valence-electron chi connectivity index (χ3n) is 2.64. The van der Waals surface area contributed by atoms with Gasteiger partial charge in [-0.1, -0.05) is 30.3 Å². The number of carbonyl (C=O) groups is 1. The molecule has 0 bridgehead atoms. The third-order valence-corrected chi connectivity index (χ3v) is 2.64. The predicted octanol–water partition coefficient (Wildman–Crippen LogP) is 1.89. The molecule has 1 N–H and O–H groups in total. The highest BCUT2D eigenvalue weighted by Gasteiger charge is 2.04. The van der Waals surface area contributed by atoms with Crippen LogP contribution in [0.25, 0.3) is 0 Å². The van der Waals surface area contributed by atoms with Gasteiger partial charge in [0.25, 0.3) is 0 Å². The molecule has 6 nitrogen and oxygen atoms in total. The smallest absolute Gasteiger partial charge is 0.307 e. The first-order chi connectivity index (χ1) is 10.3. The van der Waals surface area contributed by atoms with E-state index < -0.39 is 0 Å². The highest BCUT2D eigenvalue weighted by molar-refractivity contribution is 5.70. The summed E-state index contributed by atoms with van der Waals surface area (Å²) in [5.74, 6) is 0.234. The summed E-state index contributed by atoms with van der Waals surface area (Å²) in [6, 6.07) is 11.4. The molecule has 0 atom stereocenters. The number of nitrogens with one attached hydrogen (secondary N) is 1. The average molecular weight is 282 g/mol. The number of esters is 1. The fourth-order valence-corrected chi connectivity index (χ4v) is 1.58. The SMILES string of the molecule is N#Cc1cnc(NCCC(=O)OCc2ccccc2)cn1. The topological polar surface area (TPSA) is 87.9 Å². The number of anilines is 1. The van der Waals surface area contributed by atoms with Gasteiger partial charge < -0.3 is 10.1 Å². The number of nitriles is 1. The van der Waals surface area contributed by atoms with Crippen LogP contribution in [0, 0.1) is 11.3 Å². The zero-order valence-corrected chi connectivity index (χ0v) is 11.3. The summed E-state index contributed by atoms with van der Waals surface area (Å²) in [4.78, 5) is 19.4. The number of hydrogen-bond donors (Lipinski definition) is 1.